The van der Waals surface area contributed by atoms with Crippen LogP contribution in [0, 0.1) is 31.7 Å². The smallest absolute Gasteiger partial charge is 0.316 e. The molecule has 0 saturated carbocycles. The Morgan fingerprint density at radius 3 is 2.35 bits per heavy atom. The van der Waals surface area contributed by atoms with Crippen LogP contribution < -0.4 is 9.64 Å². The molecule has 26 heavy (non-hydrogen) atoms. The van der Waals surface area contributed by atoms with E-state index in [1.807, 2.05) is 36.9 Å². The third-order valence-electron chi connectivity index (χ3n) is 5.48. The molecule has 6 nitrogen and oxygen atoms in total. The largest absolute Gasteiger partial charge is 0.467 e. The van der Waals surface area contributed by atoms with Crippen molar-refractivity contribution in [3.05, 3.63) is 47.3 Å². The molecule has 2 fully saturated rings. The molecule has 4 rings (SSSR count). The van der Waals surface area contributed by atoms with Crippen molar-refractivity contribution in [1.82, 2.24) is 14.9 Å². The van der Waals surface area contributed by atoms with Gasteiger partial charge in [0.05, 0.1) is 24.1 Å². The summed E-state index contributed by atoms with van der Waals surface area (Å²) in [6.07, 6.45) is 0. The molecule has 1 unspecified atom stereocenters. The fourth-order valence-electron chi connectivity index (χ4n) is 4.19. The zero-order chi connectivity index (χ0) is 18.3. The minimum Gasteiger partial charge on any atom is -0.467 e. The van der Waals surface area contributed by atoms with Crippen LogP contribution in [0.1, 0.15) is 21.7 Å². The van der Waals surface area contributed by atoms with Gasteiger partial charge in [0.1, 0.15) is 0 Å². The summed E-state index contributed by atoms with van der Waals surface area (Å²) >= 11 is 0. The molecule has 2 atom stereocenters. The van der Waals surface area contributed by atoms with Crippen molar-refractivity contribution >= 4 is 11.6 Å². The van der Waals surface area contributed by atoms with E-state index in [1.54, 1.807) is 0 Å². The van der Waals surface area contributed by atoms with Gasteiger partial charge in [0.2, 0.25) is 0 Å². The lowest BCUT2D eigenvalue weighted by Gasteiger charge is -2.24. The number of nitrogens with zero attached hydrogens (tertiary/aromatic N) is 4. The second-order valence-electron chi connectivity index (χ2n) is 7.15. The highest BCUT2D eigenvalue weighted by molar-refractivity contribution is 5.96. The van der Waals surface area contributed by atoms with Gasteiger partial charge in [0, 0.05) is 43.7 Å². The Bertz CT molecular complexity index is 787. The molecule has 6 heteroatoms. The van der Waals surface area contributed by atoms with Crippen LogP contribution in [0.15, 0.2) is 24.3 Å². The number of likely N-dealkylation sites (tertiary alicyclic amines) is 1. The van der Waals surface area contributed by atoms with Gasteiger partial charge in [-0.1, -0.05) is 12.1 Å². The Hall–Kier alpha value is -2.63. The first-order chi connectivity index (χ1) is 12.6. The van der Waals surface area contributed by atoms with Crippen LogP contribution in [0.3, 0.4) is 0 Å². The number of methoxy groups -OCH3 is 1. The summed E-state index contributed by atoms with van der Waals surface area (Å²) in [5.74, 6) is 1.06. The van der Waals surface area contributed by atoms with Crippen molar-refractivity contribution in [3.8, 4) is 6.01 Å². The fraction of sp³-hybridized carbons (Fsp3) is 0.450. The third kappa shape index (κ3) is 2.89. The summed E-state index contributed by atoms with van der Waals surface area (Å²) in [7, 11) is 1.54. The van der Waals surface area contributed by atoms with Crippen molar-refractivity contribution in [2.24, 2.45) is 11.8 Å². The van der Waals surface area contributed by atoms with E-state index in [0.29, 0.717) is 34.8 Å². The minimum absolute atomic E-state index is 0.0386. The molecule has 1 amide bonds. The van der Waals surface area contributed by atoms with Crippen LogP contribution in [-0.4, -0.2) is 54.1 Å². The minimum atomic E-state index is 0.0386. The molecule has 1 aromatic heterocycles. The van der Waals surface area contributed by atoms with E-state index in [2.05, 4.69) is 27.0 Å². The number of amides is 1. The lowest BCUT2D eigenvalue weighted by molar-refractivity contribution is 0.0780. The molecule has 2 aliphatic heterocycles. The maximum atomic E-state index is 13.1. The van der Waals surface area contributed by atoms with E-state index in [4.69, 9.17) is 4.74 Å². The number of rotatable bonds is 3. The van der Waals surface area contributed by atoms with Crippen LogP contribution >= 0.6 is 0 Å². The Labute approximate surface area is 153 Å². The number of benzene rings is 1. The molecule has 0 aliphatic carbocycles. The molecule has 135 valence electrons. The van der Waals surface area contributed by atoms with Gasteiger partial charge in [-0.15, -0.1) is 0 Å². The van der Waals surface area contributed by atoms with Crippen LogP contribution in [0.5, 0.6) is 6.01 Å². The first-order valence-electron chi connectivity index (χ1n) is 8.96. The molecule has 0 N–H and O–H groups in total. The maximum absolute atomic E-state index is 13.1. The van der Waals surface area contributed by atoms with Gasteiger partial charge in [0.15, 0.2) is 0 Å². The average molecular weight is 351 g/mol. The van der Waals surface area contributed by atoms with Gasteiger partial charge in [-0.25, -0.2) is 0 Å². The predicted molar refractivity (Wildman–Crippen MR) is 98.4 cm³/mol. The molecule has 2 aromatic rings. The average Bonchev–Trinajstić information content (AvgIpc) is 3.20. The zero-order valence-corrected chi connectivity index (χ0v) is 15.4. The van der Waals surface area contributed by atoms with Gasteiger partial charge in [-0.3, -0.25) is 4.79 Å². The van der Waals surface area contributed by atoms with Crippen LogP contribution in [-0.2, 0) is 0 Å². The molecular weight excluding hydrogens is 328 g/mol. The van der Waals surface area contributed by atoms with E-state index < -0.39 is 0 Å². The van der Waals surface area contributed by atoms with Crippen molar-refractivity contribution in [3.63, 3.8) is 0 Å². The van der Waals surface area contributed by atoms with E-state index in [-0.39, 0.29) is 5.91 Å². The number of fused-ring (bicyclic) bond motifs is 1. The first-order valence-corrected chi connectivity index (χ1v) is 8.96. The first kappa shape index (κ1) is 16.8. The summed E-state index contributed by atoms with van der Waals surface area (Å²) in [4.78, 5) is 26.0. The summed E-state index contributed by atoms with van der Waals surface area (Å²) in [5, 5.41) is 0. The predicted octanol–water partition coefficient (Wildman–Crippen LogP) is 2.11. The van der Waals surface area contributed by atoms with Crippen LogP contribution in [0.2, 0.25) is 0 Å². The highest BCUT2D eigenvalue weighted by atomic mass is 16.5. The van der Waals surface area contributed by atoms with E-state index in [1.165, 1.54) is 12.8 Å². The number of aryl methyl sites for hydroxylation is 2. The van der Waals surface area contributed by atoms with Gasteiger partial charge in [-0.05, 0) is 32.0 Å². The van der Waals surface area contributed by atoms with E-state index in [9.17, 15) is 4.79 Å². The van der Waals surface area contributed by atoms with Crippen molar-refractivity contribution < 1.29 is 9.53 Å². The number of anilines is 1. The molecule has 3 heterocycles. The van der Waals surface area contributed by atoms with Gasteiger partial charge < -0.3 is 14.5 Å². The molecule has 2 saturated heterocycles. The normalized spacial score (nSPS) is 21.8. The lowest BCUT2D eigenvalue weighted by Crippen LogP contribution is -2.34. The summed E-state index contributed by atoms with van der Waals surface area (Å²) in [6, 6.07) is 11.6. The highest BCUT2D eigenvalue weighted by Gasteiger charge is 2.42. The maximum Gasteiger partial charge on any atom is 0.316 e. The Morgan fingerprint density at radius 1 is 1.15 bits per heavy atom. The number of hydrogen-bond donors (Lipinski definition) is 0. The quantitative estimate of drug-likeness (QED) is 0.848. The zero-order valence-electron chi connectivity index (χ0n) is 15.4. The Balaban J connectivity index is 1.47. The topological polar surface area (TPSA) is 58.6 Å². The van der Waals surface area contributed by atoms with Gasteiger partial charge in [-0.2, -0.15) is 9.97 Å². The van der Waals surface area contributed by atoms with E-state index >= 15 is 0 Å². The van der Waals surface area contributed by atoms with Crippen molar-refractivity contribution in [2.75, 3.05) is 38.2 Å². The highest BCUT2D eigenvalue weighted by Crippen LogP contribution is 2.34. The Morgan fingerprint density at radius 2 is 1.81 bits per heavy atom. The summed E-state index contributed by atoms with van der Waals surface area (Å²) < 4.78 is 5.10. The van der Waals surface area contributed by atoms with Crippen molar-refractivity contribution in [2.45, 2.75) is 13.8 Å². The molecule has 0 spiro atoms. The summed E-state index contributed by atoms with van der Waals surface area (Å²) in [5.41, 5.74) is 3.19. The van der Waals surface area contributed by atoms with Crippen LogP contribution in [0.4, 0.5) is 5.69 Å². The summed E-state index contributed by atoms with van der Waals surface area (Å²) in [6.45, 7) is 7.25. The molecule has 1 aromatic carbocycles. The lowest BCUT2D eigenvalue weighted by atomic mass is 10.0. The molecule has 1 radical (unpaired) electrons. The number of ether oxygens (including phenoxy) is 1. The second-order valence-corrected chi connectivity index (χ2v) is 7.15. The second kappa shape index (κ2) is 6.59. The molecular formula is C20H23N4O2. The number of hydrogen-bond acceptors (Lipinski definition) is 5. The third-order valence-corrected chi connectivity index (χ3v) is 5.48. The van der Waals surface area contributed by atoms with Crippen molar-refractivity contribution in [1.29, 1.82) is 0 Å². The van der Waals surface area contributed by atoms with Gasteiger partial charge in [0.25, 0.3) is 5.91 Å². The van der Waals surface area contributed by atoms with Gasteiger partial charge >= 0.3 is 6.01 Å². The van der Waals surface area contributed by atoms with Crippen LogP contribution in [0.25, 0.3) is 0 Å². The van der Waals surface area contributed by atoms with E-state index in [0.717, 1.165) is 26.2 Å². The SMILES string of the molecule is COc1nc(C)c(C(=O)N2CC3CN(c4c[c]ccc4)C[C@H]3C2)c(C)n1. The number of carbonyl (C=O) groups excluding carboxylic acids is 1. The fourth-order valence-corrected chi connectivity index (χ4v) is 4.19. The number of aromatic nitrogens is 2. The molecule has 0 bridgehead atoms. The number of carbonyl (C=O) groups is 1. The standard InChI is InChI=1S/C20H23N4O2/c1-13-18(14(2)22-20(21-13)26-3)19(25)24-11-15-9-23(10-16(15)12-24)17-7-5-4-6-8-17/h4-5,7-8,15-16H,9-12H2,1-3H3/t15-,16?/m0/s1. The monoisotopic (exact) mass is 351 g/mol. The Kier molecular flexibility index (Phi) is 4.26. The molecule has 2 aliphatic rings.